The highest BCUT2D eigenvalue weighted by Crippen LogP contribution is 2.44. The quantitative estimate of drug-likeness (QED) is 0.547. The summed E-state index contributed by atoms with van der Waals surface area (Å²) in [5.41, 5.74) is 1.14. The lowest BCUT2D eigenvalue weighted by Crippen LogP contribution is -2.50. The first-order valence-electron chi connectivity index (χ1n) is 13.6. The number of benzene rings is 1. The fourth-order valence-corrected chi connectivity index (χ4v) is 6.93. The molecular formula is C28H39N3O3. The Bertz CT molecular complexity index is 1040. The summed E-state index contributed by atoms with van der Waals surface area (Å²) in [5.74, 6) is -0.617. The van der Waals surface area contributed by atoms with Crippen molar-refractivity contribution in [3.63, 3.8) is 0 Å². The zero-order valence-electron chi connectivity index (χ0n) is 20.6. The lowest BCUT2D eigenvalue weighted by Gasteiger charge is -2.44. The predicted octanol–water partition coefficient (Wildman–Crippen LogP) is 5.63. The van der Waals surface area contributed by atoms with Crippen LogP contribution in [0.25, 0.3) is 11.0 Å². The van der Waals surface area contributed by atoms with E-state index in [-0.39, 0.29) is 23.9 Å². The Morgan fingerprint density at radius 3 is 2.15 bits per heavy atom. The summed E-state index contributed by atoms with van der Waals surface area (Å²) >= 11 is 0. The number of piperidine rings is 1. The summed E-state index contributed by atoms with van der Waals surface area (Å²) < 4.78 is 7.05. The molecule has 6 nitrogen and oxygen atoms in total. The molecule has 3 atom stereocenters. The van der Waals surface area contributed by atoms with Gasteiger partial charge in [0.1, 0.15) is 0 Å². The van der Waals surface area contributed by atoms with E-state index in [2.05, 4.69) is 9.88 Å². The molecule has 2 bridgehead atoms. The van der Waals surface area contributed by atoms with Crippen LogP contribution < -0.4 is 5.56 Å². The van der Waals surface area contributed by atoms with Crippen LogP contribution in [0.5, 0.6) is 0 Å². The minimum absolute atomic E-state index is 0.0809. The van der Waals surface area contributed by atoms with Gasteiger partial charge in [0.25, 0.3) is 5.56 Å². The van der Waals surface area contributed by atoms with Crippen LogP contribution in [-0.2, 0) is 4.74 Å². The third-order valence-electron chi connectivity index (χ3n) is 8.39. The molecule has 5 rings (SSSR count). The highest BCUT2D eigenvalue weighted by molar-refractivity contribution is 5.89. The number of para-hydroxylation sites is 2. The van der Waals surface area contributed by atoms with Crippen LogP contribution in [0.2, 0.25) is 0 Å². The van der Waals surface area contributed by atoms with Crippen LogP contribution in [0.1, 0.15) is 107 Å². The third-order valence-corrected chi connectivity index (χ3v) is 8.39. The van der Waals surface area contributed by atoms with Crippen LogP contribution in [-0.4, -0.2) is 45.2 Å². The summed E-state index contributed by atoms with van der Waals surface area (Å²) in [4.78, 5) is 33.4. The average Bonchev–Trinajstić information content (AvgIpc) is 3.11. The number of ether oxygens (including phenoxy) is 1. The Morgan fingerprint density at radius 1 is 0.882 bits per heavy atom. The fraction of sp³-hybridized carbons (Fsp3) is 0.679. The molecule has 3 fully saturated rings. The Hall–Kier alpha value is -2.21. The smallest absolute Gasteiger partial charge is 0.362 e. The molecular weight excluding hydrogens is 426 g/mol. The van der Waals surface area contributed by atoms with Gasteiger partial charge < -0.3 is 9.30 Å². The van der Waals surface area contributed by atoms with Crippen molar-refractivity contribution in [2.24, 2.45) is 0 Å². The Labute approximate surface area is 202 Å². The normalized spacial score (nSPS) is 27.0. The lowest BCUT2D eigenvalue weighted by atomic mass is 9.90. The van der Waals surface area contributed by atoms with E-state index in [0.29, 0.717) is 23.6 Å². The average molecular weight is 466 g/mol. The highest BCUT2D eigenvalue weighted by Gasteiger charge is 2.44. The molecule has 0 N–H and O–H groups in total. The van der Waals surface area contributed by atoms with Crippen molar-refractivity contribution < 1.29 is 9.53 Å². The molecule has 6 heteroatoms. The molecule has 1 aliphatic carbocycles. The van der Waals surface area contributed by atoms with E-state index in [1.807, 2.05) is 28.8 Å². The summed E-state index contributed by atoms with van der Waals surface area (Å²) in [5, 5.41) is 0. The molecule has 0 unspecified atom stereocenters. The number of esters is 1. The van der Waals surface area contributed by atoms with E-state index >= 15 is 0 Å². The number of aromatic nitrogens is 2. The predicted molar refractivity (Wildman–Crippen MR) is 134 cm³/mol. The molecule has 3 aliphatic rings. The number of rotatable bonds is 4. The first kappa shape index (κ1) is 23.5. The van der Waals surface area contributed by atoms with E-state index in [0.717, 1.165) is 18.4 Å². The van der Waals surface area contributed by atoms with Gasteiger partial charge in [0.15, 0.2) is 0 Å². The van der Waals surface area contributed by atoms with Crippen molar-refractivity contribution in [3.05, 3.63) is 40.3 Å². The molecule has 0 spiro atoms. The van der Waals surface area contributed by atoms with E-state index < -0.39 is 5.97 Å². The molecule has 2 saturated heterocycles. The van der Waals surface area contributed by atoms with Crippen molar-refractivity contribution in [2.45, 2.75) is 115 Å². The van der Waals surface area contributed by atoms with E-state index in [1.165, 1.54) is 70.6 Å². The molecule has 34 heavy (non-hydrogen) atoms. The van der Waals surface area contributed by atoms with Gasteiger partial charge in [-0.05, 0) is 57.6 Å². The number of hydrogen-bond acceptors (Lipinski definition) is 5. The monoisotopic (exact) mass is 465 g/mol. The van der Waals surface area contributed by atoms with Crippen molar-refractivity contribution in [3.8, 4) is 0 Å². The SMILES string of the molecule is CCOC(=O)c1nc2ccccc2n([C@H]2C[C@H]3CC[C@@H](C2)N3C2CCCCCCCCC2)c1=O. The summed E-state index contributed by atoms with van der Waals surface area (Å²) in [6.45, 7) is 1.99. The van der Waals surface area contributed by atoms with Gasteiger partial charge in [0.2, 0.25) is 5.69 Å². The number of hydrogen-bond donors (Lipinski definition) is 0. The molecule has 1 aromatic heterocycles. The molecule has 3 heterocycles. The largest absolute Gasteiger partial charge is 0.461 e. The molecule has 0 radical (unpaired) electrons. The van der Waals surface area contributed by atoms with Crippen LogP contribution in [0.4, 0.5) is 0 Å². The molecule has 2 aliphatic heterocycles. The molecule has 2 aromatic rings. The fourth-order valence-electron chi connectivity index (χ4n) is 6.93. The van der Waals surface area contributed by atoms with Crippen LogP contribution in [0.3, 0.4) is 0 Å². The topological polar surface area (TPSA) is 64.4 Å². The zero-order valence-corrected chi connectivity index (χ0v) is 20.6. The summed E-state index contributed by atoms with van der Waals surface area (Å²) in [6.07, 6.45) is 16.7. The second-order valence-corrected chi connectivity index (χ2v) is 10.5. The van der Waals surface area contributed by atoms with Gasteiger partial charge in [-0.3, -0.25) is 9.69 Å². The van der Waals surface area contributed by atoms with Gasteiger partial charge in [-0.1, -0.05) is 57.1 Å². The minimum atomic E-state index is -0.617. The van der Waals surface area contributed by atoms with Crippen LogP contribution >= 0.6 is 0 Å². The van der Waals surface area contributed by atoms with Gasteiger partial charge in [-0.25, -0.2) is 9.78 Å². The first-order chi connectivity index (χ1) is 16.7. The van der Waals surface area contributed by atoms with Gasteiger partial charge >= 0.3 is 5.97 Å². The maximum Gasteiger partial charge on any atom is 0.362 e. The molecule has 1 aromatic carbocycles. The number of carbonyl (C=O) groups is 1. The Morgan fingerprint density at radius 2 is 1.50 bits per heavy atom. The first-order valence-corrected chi connectivity index (χ1v) is 13.6. The summed E-state index contributed by atoms with van der Waals surface area (Å²) in [6, 6.07) is 9.56. The zero-order chi connectivity index (χ0) is 23.5. The van der Waals surface area contributed by atoms with Crippen molar-refractivity contribution in [1.82, 2.24) is 14.5 Å². The minimum Gasteiger partial charge on any atom is -0.461 e. The van der Waals surface area contributed by atoms with E-state index in [4.69, 9.17) is 4.74 Å². The van der Waals surface area contributed by atoms with Gasteiger partial charge in [-0.15, -0.1) is 0 Å². The van der Waals surface area contributed by atoms with E-state index in [9.17, 15) is 9.59 Å². The van der Waals surface area contributed by atoms with Crippen molar-refractivity contribution in [1.29, 1.82) is 0 Å². The maximum absolute atomic E-state index is 13.6. The van der Waals surface area contributed by atoms with Crippen molar-refractivity contribution >= 4 is 17.0 Å². The maximum atomic E-state index is 13.6. The standard InChI is InChI=1S/C28H39N3O3/c1-2-34-28(33)26-27(32)31(25-15-11-10-14-24(25)29-26)23-18-21-16-17-22(19-23)30(21)20-12-8-6-4-3-5-7-9-13-20/h10-11,14-15,20-23H,2-9,12-13,16-19H2,1H3/t21-,22+,23+. The highest BCUT2D eigenvalue weighted by atomic mass is 16.5. The van der Waals surface area contributed by atoms with Crippen molar-refractivity contribution in [2.75, 3.05) is 6.61 Å². The molecule has 184 valence electrons. The van der Waals surface area contributed by atoms with Crippen LogP contribution in [0, 0.1) is 0 Å². The second kappa shape index (κ2) is 10.6. The molecule has 1 saturated carbocycles. The second-order valence-electron chi connectivity index (χ2n) is 10.5. The number of carbonyl (C=O) groups excluding carboxylic acids is 1. The van der Waals surface area contributed by atoms with Crippen LogP contribution in [0.15, 0.2) is 29.1 Å². The lowest BCUT2D eigenvalue weighted by molar-refractivity contribution is 0.0491. The molecule has 0 amide bonds. The van der Waals surface area contributed by atoms with Gasteiger partial charge in [-0.2, -0.15) is 0 Å². The third kappa shape index (κ3) is 4.66. The van der Waals surface area contributed by atoms with E-state index in [1.54, 1.807) is 6.92 Å². The number of nitrogens with zero attached hydrogens (tertiary/aromatic N) is 3. The van der Waals surface area contributed by atoms with Gasteiger partial charge in [0, 0.05) is 24.2 Å². The Balaban J connectivity index is 1.43. The Kier molecular flexibility index (Phi) is 7.33. The number of fused-ring (bicyclic) bond motifs is 3. The van der Waals surface area contributed by atoms with Gasteiger partial charge in [0.05, 0.1) is 17.6 Å². The summed E-state index contributed by atoms with van der Waals surface area (Å²) in [7, 11) is 0.